The first kappa shape index (κ1) is 54.4. The van der Waals surface area contributed by atoms with Crippen LogP contribution >= 0.6 is 0 Å². The molecule has 1 atom stereocenters. The van der Waals surface area contributed by atoms with E-state index in [4.69, 9.17) is 18.2 Å². The molecule has 4 aliphatic rings. The minimum Gasteiger partial charge on any atom is -0.456 e. The molecular formula is C95H55NO3. The predicted molar refractivity (Wildman–Crippen MR) is 404 cm³/mol. The van der Waals surface area contributed by atoms with Crippen LogP contribution in [0.1, 0.15) is 44.5 Å². The smallest absolute Gasteiger partial charge is 0.144 e. The number of rotatable bonds is 4. The predicted octanol–water partition coefficient (Wildman–Crippen LogP) is 25.0. The van der Waals surface area contributed by atoms with Crippen molar-refractivity contribution in [1.29, 1.82) is 0 Å². The van der Waals surface area contributed by atoms with Gasteiger partial charge in [0, 0.05) is 55.2 Å². The van der Waals surface area contributed by atoms with Crippen LogP contribution in [0.3, 0.4) is 0 Å². The maximum absolute atomic E-state index is 7.03. The molecule has 458 valence electrons. The second kappa shape index (κ2) is 20.3. The van der Waals surface area contributed by atoms with Gasteiger partial charge >= 0.3 is 0 Å². The summed E-state index contributed by atoms with van der Waals surface area (Å²) in [4.78, 5) is 4.93. The molecule has 0 saturated heterocycles. The summed E-state index contributed by atoms with van der Waals surface area (Å²) in [6, 6.07) is 119. The highest BCUT2D eigenvalue weighted by atomic mass is 16.3. The standard InChI is InChI=1S/C49H28O2.C46H27NO/c1-3-13-29(14-4-1)31-23-24-33-39(27-31)49(37-20-10-7-17-32(37)44-38(49)25-26-43-46(44)34-18-8-11-21-41(34)50-43)40-28-36(30-15-5-2-6-16-30)48-47(45(33)40)35-19-9-12-22-42(35)51-48;1-2-14-28(15-3-1)34-26-38-43(32-19-5-4-16-29(32)34)44-39(46(38)36-21-9-6-17-30(36)31-18-7-10-22-37(31)46)27-35(40-23-12-13-25-47-40)42-33-20-8-11-24-41(33)48-45(42)44/h1-28H;1-27H. The number of fused-ring (bicyclic) bond motifs is 34. The van der Waals surface area contributed by atoms with E-state index in [0.29, 0.717) is 0 Å². The second-order valence-corrected chi connectivity index (χ2v) is 26.9. The van der Waals surface area contributed by atoms with E-state index >= 15 is 0 Å². The van der Waals surface area contributed by atoms with E-state index in [0.717, 1.165) is 77.4 Å². The summed E-state index contributed by atoms with van der Waals surface area (Å²) < 4.78 is 20.4. The molecule has 99 heavy (non-hydrogen) atoms. The third kappa shape index (κ3) is 7.18. The Morgan fingerprint density at radius 2 is 0.677 bits per heavy atom. The Hall–Kier alpha value is -12.9. The van der Waals surface area contributed by atoms with Gasteiger partial charge in [0.25, 0.3) is 0 Å². The average molecular weight is 1260 g/mol. The molecule has 0 radical (unpaired) electrons. The topological polar surface area (TPSA) is 52.3 Å². The summed E-state index contributed by atoms with van der Waals surface area (Å²) >= 11 is 0. The summed E-state index contributed by atoms with van der Waals surface area (Å²) in [6.45, 7) is 0. The van der Waals surface area contributed by atoms with Crippen LogP contribution in [0.2, 0.25) is 0 Å². The Morgan fingerprint density at radius 1 is 0.212 bits per heavy atom. The highest BCUT2D eigenvalue weighted by molar-refractivity contribution is 6.24. The molecule has 19 aromatic rings. The van der Waals surface area contributed by atoms with Gasteiger partial charge in [-0.1, -0.05) is 267 Å². The van der Waals surface area contributed by atoms with Crippen molar-refractivity contribution >= 4 is 76.6 Å². The van der Waals surface area contributed by atoms with E-state index in [1.165, 1.54) is 133 Å². The molecule has 0 amide bonds. The van der Waals surface area contributed by atoms with Gasteiger partial charge in [0.05, 0.1) is 16.5 Å². The van der Waals surface area contributed by atoms with Crippen LogP contribution < -0.4 is 0 Å². The number of aromatic nitrogens is 1. The number of pyridine rings is 1. The van der Waals surface area contributed by atoms with Crippen molar-refractivity contribution in [3.63, 3.8) is 0 Å². The molecular weight excluding hydrogens is 1200 g/mol. The van der Waals surface area contributed by atoms with Crippen molar-refractivity contribution < 1.29 is 13.3 Å². The fourth-order valence-corrected chi connectivity index (χ4v) is 18.4. The van der Waals surface area contributed by atoms with Gasteiger partial charge in [0.15, 0.2) is 0 Å². The van der Waals surface area contributed by atoms with Crippen molar-refractivity contribution in [2.75, 3.05) is 0 Å². The molecule has 0 aliphatic heterocycles. The molecule has 4 aliphatic carbocycles. The van der Waals surface area contributed by atoms with Crippen LogP contribution in [-0.4, -0.2) is 4.98 Å². The Kier molecular flexibility index (Phi) is 11.2. The lowest BCUT2D eigenvalue weighted by Gasteiger charge is -2.31. The molecule has 2 spiro atoms. The fourth-order valence-electron chi connectivity index (χ4n) is 18.4. The number of benzene rings is 15. The van der Waals surface area contributed by atoms with E-state index in [9.17, 15) is 0 Å². The van der Waals surface area contributed by atoms with Gasteiger partial charge < -0.3 is 13.3 Å². The van der Waals surface area contributed by atoms with Gasteiger partial charge in [-0.25, -0.2) is 0 Å². The summed E-state index contributed by atoms with van der Waals surface area (Å²) in [5.41, 5.74) is 33.9. The first-order valence-electron chi connectivity index (χ1n) is 34.1. The fraction of sp³-hybridized carbons (Fsp3) is 0.0211. The van der Waals surface area contributed by atoms with E-state index < -0.39 is 10.8 Å². The van der Waals surface area contributed by atoms with Crippen LogP contribution in [-0.2, 0) is 10.8 Å². The monoisotopic (exact) mass is 1260 g/mol. The molecule has 23 rings (SSSR count). The largest absolute Gasteiger partial charge is 0.456 e. The highest BCUT2D eigenvalue weighted by Gasteiger charge is 2.56. The third-order valence-corrected chi connectivity index (χ3v) is 22.2. The first-order chi connectivity index (χ1) is 49.1. The Bertz CT molecular complexity index is 6610. The van der Waals surface area contributed by atoms with Gasteiger partial charge in [-0.15, -0.1) is 0 Å². The summed E-state index contributed by atoms with van der Waals surface area (Å²) in [6.07, 6.45) is 1.89. The Morgan fingerprint density at radius 3 is 1.34 bits per heavy atom. The molecule has 0 N–H and O–H groups in total. The van der Waals surface area contributed by atoms with Crippen LogP contribution in [0.4, 0.5) is 0 Å². The second-order valence-electron chi connectivity index (χ2n) is 26.9. The van der Waals surface area contributed by atoms with Crippen molar-refractivity contribution in [2.45, 2.75) is 10.8 Å². The SMILES string of the molecule is c1ccc(-c2cc3c(c4ccccc24)-c2c(cc(-c4ccccn4)c4c2oc2ccccc24)C32c3ccccc3-c3ccccc32)cc1.c1ccc(-c2ccc3c(c2)C2(c4ccccc4-c4c2ccc2oc5ccccc5c42)c2cc(-c4ccccc4)c4oc5ccccc5c4c2-3)cc1. The number of hydrogen-bond donors (Lipinski definition) is 0. The van der Waals surface area contributed by atoms with E-state index in [1.807, 2.05) is 12.3 Å². The van der Waals surface area contributed by atoms with Crippen LogP contribution in [0.15, 0.2) is 347 Å². The van der Waals surface area contributed by atoms with Crippen molar-refractivity contribution in [3.05, 3.63) is 378 Å². The maximum Gasteiger partial charge on any atom is 0.144 e. The minimum atomic E-state index is -0.579. The lowest BCUT2D eigenvalue weighted by molar-refractivity contribution is 0.668. The first-order valence-corrected chi connectivity index (χ1v) is 34.1. The zero-order chi connectivity index (χ0) is 64.7. The lowest BCUT2D eigenvalue weighted by Crippen LogP contribution is -2.26. The number of hydrogen-bond acceptors (Lipinski definition) is 4. The van der Waals surface area contributed by atoms with Gasteiger partial charge in [0.2, 0.25) is 0 Å². The molecule has 1 unspecified atom stereocenters. The zero-order valence-corrected chi connectivity index (χ0v) is 53.4. The van der Waals surface area contributed by atoms with Gasteiger partial charge in [-0.3, -0.25) is 4.98 Å². The van der Waals surface area contributed by atoms with Crippen molar-refractivity contribution in [2.24, 2.45) is 0 Å². The van der Waals surface area contributed by atoms with Crippen LogP contribution in [0.25, 0.3) is 166 Å². The molecule has 0 fully saturated rings. The number of furan rings is 3. The molecule has 0 saturated carbocycles. The van der Waals surface area contributed by atoms with E-state index in [1.54, 1.807) is 0 Å². The molecule has 15 aromatic carbocycles. The molecule has 4 nitrogen and oxygen atoms in total. The number of nitrogens with zero attached hydrogens (tertiary/aromatic N) is 1. The summed E-state index contributed by atoms with van der Waals surface area (Å²) in [7, 11) is 0. The average Bonchev–Trinajstić information content (AvgIpc) is 1.50. The van der Waals surface area contributed by atoms with Crippen LogP contribution in [0.5, 0.6) is 0 Å². The van der Waals surface area contributed by atoms with E-state index in [-0.39, 0.29) is 0 Å². The zero-order valence-electron chi connectivity index (χ0n) is 53.4. The van der Waals surface area contributed by atoms with Crippen molar-refractivity contribution in [1.82, 2.24) is 4.98 Å². The Labute approximate surface area is 569 Å². The molecule has 4 heterocycles. The highest BCUT2D eigenvalue weighted by Crippen LogP contribution is 2.69. The third-order valence-electron chi connectivity index (χ3n) is 22.2. The quantitative estimate of drug-likeness (QED) is 0.176. The summed E-state index contributed by atoms with van der Waals surface area (Å²) in [5, 5.41) is 9.34. The molecule has 4 aromatic heterocycles. The maximum atomic E-state index is 7.03. The molecule has 0 bridgehead atoms. The van der Waals surface area contributed by atoms with Gasteiger partial charge in [-0.05, 0) is 183 Å². The van der Waals surface area contributed by atoms with Gasteiger partial charge in [-0.2, -0.15) is 0 Å². The number of para-hydroxylation sites is 3. The van der Waals surface area contributed by atoms with Crippen LogP contribution in [0, 0.1) is 0 Å². The Balaban J connectivity index is 0.000000127. The van der Waals surface area contributed by atoms with Crippen molar-refractivity contribution in [3.8, 4) is 89.1 Å². The minimum absolute atomic E-state index is 0.553. The molecule has 4 heteroatoms. The lowest BCUT2D eigenvalue weighted by atomic mass is 9.69. The normalized spacial score (nSPS) is 14.6. The summed E-state index contributed by atoms with van der Waals surface area (Å²) in [5.74, 6) is 0. The van der Waals surface area contributed by atoms with Gasteiger partial charge in [0.1, 0.15) is 33.5 Å². The van der Waals surface area contributed by atoms with E-state index in [2.05, 4.69) is 322 Å².